The number of benzene rings is 1. The number of hydrogen-bond donors (Lipinski definition) is 2. The molecule has 1 unspecified atom stereocenters. The molecule has 0 fully saturated rings. The molecule has 1 rings (SSSR count). The van der Waals surface area contributed by atoms with E-state index in [4.69, 9.17) is 5.11 Å². The van der Waals surface area contributed by atoms with Crippen LogP contribution >= 0.6 is 0 Å². The lowest BCUT2D eigenvalue weighted by atomic mass is 10.00. The van der Waals surface area contributed by atoms with Crippen LogP contribution in [0.2, 0.25) is 0 Å². The van der Waals surface area contributed by atoms with E-state index < -0.39 is 23.8 Å². The number of alkyl halides is 3. The van der Waals surface area contributed by atoms with Crippen LogP contribution in [0, 0.1) is 0 Å². The Bertz CT molecular complexity index is 418. The van der Waals surface area contributed by atoms with Crippen molar-refractivity contribution in [2.45, 2.75) is 25.6 Å². The monoisotopic (exact) mass is 261 g/mol. The first-order chi connectivity index (χ1) is 8.38. The zero-order valence-electron chi connectivity index (χ0n) is 9.79. The van der Waals surface area contributed by atoms with E-state index in [1.54, 1.807) is 0 Å². The highest BCUT2D eigenvalue weighted by Crippen LogP contribution is 2.34. The van der Waals surface area contributed by atoms with E-state index >= 15 is 0 Å². The van der Waals surface area contributed by atoms with Crippen LogP contribution in [0.25, 0.3) is 0 Å². The van der Waals surface area contributed by atoms with Crippen LogP contribution in [-0.2, 0) is 11.0 Å². The third-order valence-electron chi connectivity index (χ3n) is 2.42. The number of rotatable bonds is 5. The summed E-state index contributed by atoms with van der Waals surface area (Å²) in [7, 11) is 0. The Kier molecular flexibility index (Phi) is 4.72. The molecule has 3 nitrogen and oxygen atoms in total. The molecule has 0 radical (unpaired) electrons. The van der Waals surface area contributed by atoms with Gasteiger partial charge in [0.1, 0.15) is 6.04 Å². The smallest absolute Gasteiger partial charge is 0.416 e. The standard InChI is InChI=1S/C12H14F3NO2/c1-2-7-16-10(11(17)18)8-5-3-4-6-9(8)12(13,14)15/h3-6,10,16H,2,7H2,1H3,(H,17,18). The summed E-state index contributed by atoms with van der Waals surface area (Å²) in [6, 6.07) is 3.37. The number of aliphatic carboxylic acids is 1. The first-order valence-corrected chi connectivity index (χ1v) is 5.50. The van der Waals surface area contributed by atoms with E-state index in [1.807, 2.05) is 6.92 Å². The van der Waals surface area contributed by atoms with E-state index in [1.165, 1.54) is 18.2 Å². The predicted octanol–water partition coefficient (Wildman–Crippen LogP) is 2.83. The maximum Gasteiger partial charge on any atom is 0.416 e. The third kappa shape index (κ3) is 3.46. The molecule has 0 aliphatic carbocycles. The topological polar surface area (TPSA) is 49.3 Å². The largest absolute Gasteiger partial charge is 0.480 e. The van der Waals surface area contributed by atoms with Crippen LogP contribution in [0.4, 0.5) is 13.2 Å². The first-order valence-electron chi connectivity index (χ1n) is 5.50. The highest BCUT2D eigenvalue weighted by Gasteiger charge is 2.36. The summed E-state index contributed by atoms with van der Waals surface area (Å²) in [4.78, 5) is 11.1. The van der Waals surface area contributed by atoms with E-state index in [2.05, 4.69) is 5.32 Å². The second kappa shape index (κ2) is 5.86. The summed E-state index contributed by atoms with van der Waals surface area (Å²) in [6.45, 7) is 2.14. The van der Waals surface area contributed by atoms with Crippen molar-refractivity contribution in [3.63, 3.8) is 0 Å². The number of nitrogens with one attached hydrogen (secondary N) is 1. The zero-order chi connectivity index (χ0) is 13.8. The van der Waals surface area contributed by atoms with E-state index in [0.717, 1.165) is 6.07 Å². The fourth-order valence-corrected chi connectivity index (χ4v) is 1.63. The lowest BCUT2D eigenvalue weighted by Crippen LogP contribution is -2.31. The highest BCUT2D eigenvalue weighted by molar-refractivity contribution is 5.76. The Morgan fingerprint density at radius 2 is 2.00 bits per heavy atom. The molecule has 0 heterocycles. The van der Waals surface area contributed by atoms with Crippen LogP contribution < -0.4 is 5.32 Å². The normalized spacial score (nSPS) is 13.3. The van der Waals surface area contributed by atoms with Gasteiger partial charge in [-0.15, -0.1) is 0 Å². The summed E-state index contributed by atoms with van der Waals surface area (Å²) in [5, 5.41) is 11.6. The molecule has 1 aromatic rings. The number of hydrogen-bond acceptors (Lipinski definition) is 2. The van der Waals surface area contributed by atoms with Gasteiger partial charge in [-0.05, 0) is 24.6 Å². The molecule has 1 aromatic carbocycles. The number of carboxylic acid groups (broad SMARTS) is 1. The van der Waals surface area contributed by atoms with Gasteiger partial charge in [0.05, 0.1) is 5.56 Å². The average Bonchev–Trinajstić information content (AvgIpc) is 2.28. The molecule has 0 amide bonds. The molecule has 0 aliphatic rings. The fraction of sp³-hybridized carbons (Fsp3) is 0.417. The molecule has 0 bridgehead atoms. The summed E-state index contributed by atoms with van der Waals surface area (Å²) < 4.78 is 38.3. The third-order valence-corrected chi connectivity index (χ3v) is 2.42. The highest BCUT2D eigenvalue weighted by atomic mass is 19.4. The predicted molar refractivity (Wildman–Crippen MR) is 60.1 cm³/mol. The molecule has 0 saturated carbocycles. The minimum Gasteiger partial charge on any atom is -0.480 e. The minimum atomic E-state index is -4.56. The molecule has 2 N–H and O–H groups in total. The van der Waals surface area contributed by atoms with Gasteiger partial charge in [0.15, 0.2) is 0 Å². The van der Waals surface area contributed by atoms with Crippen molar-refractivity contribution in [1.82, 2.24) is 5.32 Å². The number of halogens is 3. The van der Waals surface area contributed by atoms with Gasteiger partial charge in [0.2, 0.25) is 0 Å². The SMILES string of the molecule is CCCNC(C(=O)O)c1ccccc1C(F)(F)F. The van der Waals surface area contributed by atoms with Crippen molar-refractivity contribution in [2.75, 3.05) is 6.54 Å². The Balaban J connectivity index is 3.16. The molecule has 100 valence electrons. The number of carboxylic acids is 1. The maximum absolute atomic E-state index is 12.8. The zero-order valence-corrected chi connectivity index (χ0v) is 9.79. The van der Waals surface area contributed by atoms with Gasteiger partial charge in [0, 0.05) is 0 Å². The van der Waals surface area contributed by atoms with Gasteiger partial charge in [-0.1, -0.05) is 25.1 Å². The lowest BCUT2D eigenvalue weighted by molar-refractivity contribution is -0.142. The molecule has 0 saturated heterocycles. The van der Waals surface area contributed by atoms with Crippen LogP contribution in [-0.4, -0.2) is 17.6 Å². The first kappa shape index (κ1) is 14.5. The van der Waals surface area contributed by atoms with Crippen LogP contribution in [0.5, 0.6) is 0 Å². The molecular weight excluding hydrogens is 247 g/mol. The Hall–Kier alpha value is -1.56. The molecule has 0 spiro atoms. The maximum atomic E-state index is 12.8. The Morgan fingerprint density at radius 1 is 1.39 bits per heavy atom. The second-order valence-electron chi connectivity index (χ2n) is 3.81. The molecule has 1 atom stereocenters. The van der Waals surface area contributed by atoms with E-state index in [0.29, 0.717) is 13.0 Å². The summed E-state index contributed by atoms with van der Waals surface area (Å²) >= 11 is 0. The Labute approximate surface area is 103 Å². The summed E-state index contributed by atoms with van der Waals surface area (Å²) in [5.74, 6) is -1.32. The van der Waals surface area contributed by atoms with E-state index in [-0.39, 0.29) is 5.56 Å². The molecule has 0 aliphatic heterocycles. The van der Waals surface area contributed by atoms with Gasteiger partial charge in [-0.2, -0.15) is 13.2 Å². The summed E-state index contributed by atoms with van der Waals surface area (Å²) in [6.07, 6.45) is -3.92. The van der Waals surface area contributed by atoms with Gasteiger partial charge in [0.25, 0.3) is 0 Å². The van der Waals surface area contributed by atoms with Crippen molar-refractivity contribution in [1.29, 1.82) is 0 Å². The average molecular weight is 261 g/mol. The fourth-order valence-electron chi connectivity index (χ4n) is 1.63. The van der Waals surface area contributed by atoms with E-state index in [9.17, 15) is 18.0 Å². The molecule has 0 aromatic heterocycles. The van der Waals surface area contributed by atoms with Crippen molar-refractivity contribution in [3.8, 4) is 0 Å². The minimum absolute atomic E-state index is 0.258. The van der Waals surface area contributed by atoms with Crippen LogP contribution in [0.3, 0.4) is 0 Å². The van der Waals surface area contributed by atoms with Crippen LogP contribution in [0.15, 0.2) is 24.3 Å². The van der Waals surface area contributed by atoms with Gasteiger partial charge < -0.3 is 10.4 Å². The van der Waals surface area contributed by atoms with Gasteiger partial charge in [-0.25, -0.2) is 0 Å². The lowest BCUT2D eigenvalue weighted by Gasteiger charge is -2.19. The van der Waals surface area contributed by atoms with Crippen molar-refractivity contribution in [2.24, 2.45) is 0 Å². The Morgan fingerprint density at radius 3 is 2.50 bits per heavy atom. The number of carbonyl (C=O) groups is 1. The summed E-state index contributed by atoms with van der Waals surface area (Å²) in [5.41, 5.74) is -1.17. The van der Waals surface area contributed by atoms with Crippen molar-refractivity contribution in [3.05, 3.63) is 35.4 Å². The van der Waals surface area contributed by atoms with Gasteiger partial charge >= 0.3 is 12.1 Å². The van der Waals surface area contributed by atoms with Crippen LogP contribution in [0.1, 0.15) is 30.5 Å². The van der Waals surface area contributed by atoms with Crippen molar-refractivity contribution < 1.29 is 23.1 Å². The molecular formula is C12H14F3NO2. The molecule has 6 heteroatoms. The van der Waals surface area contributed by atoms with Crippen molar-refractivity contribution >= 4 is 5.97 Å². The molecule has 18 heavy (non-hydrogen) atoms. The second-order valence-corrected chi connectivity index (χ2v) is 3.81. The van der Waals surface area contributed by atoms with Gasteiger partial charge in [-0.3, -0.25) is 4.79 Å². The quantitative estimate of drug-likeness (QED) is 0.856.